The lowest BCUT2D eigenvalue weighted by Gasteiger charge is -2.45. The minimum Gasteiger partial charge on any atom is -0.497 e. The van der Waals surface area contributed by atoms with Gasteiger partial charge in [-0.2, -0.15) is 0 Å². The normalized spacial score (nSPS) is 23.8. The Hall–Kier alpha value is -1.29. The molecule has 0 saturated carbocycles. The highest BCUT2D eigenvalue weighted by Gasteiger charge is 2.33. The highest BCUT2D eigenvalue weighted by molar-refractivity contribution is 5.53. The molecule has 0 bridgehead atoms. The molecule has 1 saturated heterocycles. The maximum Gasteiger partial charge on any atom is 0.146 e. The first-order valence-corrected chi connectivity index (χ1v) is 7.16. The molecule has 0 spiro atoms. The molecule has 1 heterocycles. The number of methoxy groups -OCH3 is 1. The summed E-state index contributed by atoms with van der Waals surface area (Å²) in [6.07, 6.45) is 0. The maximum absolute atomic E-state index is 14.2. The molecule has 0 amide bonds. The number of hydrogen-bond acceptors (Lipinski definition) is 3. The molecule has 1 aliphatic rings. The minimum atomic E-state index is -0.188. The first-order chi connectivity index (χ1) is 9.32. The monoisotopic (exact) mass is 280 g/mol. The van der Waals surface area contributed by atoms with Crippen LogP contribution in [-0.2, 0) is 0 Å². The van der Waals surface area contributed by atoms with Gasteiger partial charge in [-0.1, -0.05) is 20.8 Å². The van der Waals surface area contributed by atoms with E-state index in [1.165, 1.54) is 6.07 Å². The Morgan fingerprint density at radius 3 is 2.65 bits per heavy atom. The summed E-state index contributed by atoms with van der Waals surface area (Å²) in [6, 6.07) is 5.53. The summed E-state index contributed by atoms with van der Waals surface area (Å²) in [5.74, 6) is 0.506. The molecule has 2 unspecified atom stereocenters. The van der Waals surface area contributed by atoms with Crippen molar-refractivity contribution < 1.29 is 9.13 Å². The van der Waals surface area contributed by atoms with Crippen molar-refractivity contribution in [1.82, 2.24) is 5.32 Å². The van der Waals surface area contributed by atoms with Gasteiger partial charge in [0.2, 0.25) is 0 Å². The molecule has 0 aliphatic carbocycles. The van der Waals surface area contributed by atoms with Gasteiger partial charge < -0.3 is 15.0 Å². The van der Waals surface area contributed by atoms with Crippen molar-refractivity contribution in [3.8, 4) is 5.75 Å². The first-order valence-electron chi connectivity index (χ1n) is 7.16. The number of benzene rings is 1. The summed E-state index contributed by atoms with van der Waals surface area (Å²) in [6.45, 7) is 10.4. The zero-order valence-electron chi connectivity index (χ0n) is 13.0. The quantitative estimate of drug-likeness (QED) is 0.901. The average molecular weight is 280 g/mol. The lowest BCUT2D eigenvalue weighted by molar-refractivity contribution is 0.238. The molecule has 0 aromatic heterocycles. The Kier molecular flexibility index (Phi) is 4.23. The second-order valence-corrected chi connectivity index (χ2v) is 6.65. The fraction of sp³-hybridized carbons (Fsp3) is 0.625. The van der Waals surface area contributed by atoms with Crippen molar-refractivity contribution >= 4 is 5.69 Å². The van der Waals surface area contributed by atoms with E-state index in [-0.39, 0.29) is 17.3 Å². The van der Waals surface area contributed by atoms with Gasteiger partial charge >= 0.3 is 0 Å². The van der Waals surface area contributed by atoms with Crippen LogP contribution >= 0.6 is 0 Å². The van der Waals surface area contributed by atoms with Gasteiger partial charge in [-0.15, -0.1) is 0 Å². The number of ether oxygens (including phenoxy) is 1. The highest BCUT2D eigenvalue weighted by Crippen LogP contribution is 2.31. The number of rotatable bonds is 2. The molecule has 1 aromatic rings. The zero-order chi connectivity index (χ0) is 14.9. The maximum atomic E-state index is 14.2. The minimum absolute atomic E-state index is 0.147. The van der Waals surface area contributed by atoms with Crippen molar-refractivity contribution in [1.29, 1.82) is 0 Å². The molecule has 4 heteroatoms. The molecule has 1 aromatic carbocycles. The molecule has 1 aliphatic heterocycles. The summed E-state index contributed by atoms with van der Waals surface area (Å²) in [5, 5.41) is 3.56. The van der Waals surface area contributed by atoms with E-state index in [0.717, 1.165) is 13.1 Å². The molecular weight excluding hydrogens is 255 g/mol. The van der Waals surface area contributed by atoms with Crippen LogP contribution in [0.1, 0.15) is 27.7 Å². The van der Waals surface area contributed by atoms with E-state index >= 15 is 0 Å². The zero-order valence-corrected chi connectivity index (χ0v) is 13.0. The van der Waals surface area contributed by atoms with Gasteiger partial charge in [0.15, 0.2) is 0 Å². The van der Waals surface area contributed by atoms with Crippen molar-refractivity contribution in [2.75, 3.05) is 25.1 Å². The molecule has 20 heavy (non-hydrogen) atoms. The Morgan fingerprint density at radius 1 is 1.35 bits per heavy atom. The molecule has 0 radical (unpaired) electrons. The van der Waals surface area contributed by atoms with Crippen LogP contribution in [0.5, 0.6) is 5.75 Å². The van der Waals surface area contributed by atoms with E-state index in [4.69, 9.17) is 4.74 Å². The van der Waals surface area contributed by atoms with E-state index in [2.05, 4.69) is 37.9 Å². The second kappa shape index (κ2) is 5.60. The summed E-state index contributed by atoms with van der Waals surface area (Å²) in [7, 11) is 1.61. The molecule has 1 fully saturated rings. The summed E-state index contributed by atoms with van der Waals surface area (Å²) >= 11 is 0. The van der Waals surface area contributed by atoms with E-state index in [1.54, 1.807) is 19.2 Å². The van der Waals surface area contributed by atoms with Gasteiger partial charge in [0.05, 0.1) is 12.8 Å². The number of piperazine rings is 1. The van der Waals surface area contributed by atoms with Gasteiger partial charge in [-0.05, 0) is 24.5 Å². The number of hydrogen-bond donors (Lipinski definition) is 1. The molecule has 1 N–H and O–H groups in total. The van der Waals surface area contributed by atoms with Gasteiger partial charge in [-0.25, -0.2) is 4.39 Å². The third-order valence-corrected chi connectivity index (χ3v) is 4.08. The fourth-order valence-electron chi connectivity index (χ4n) is 2.62. The lowest BCUT2D eigenvalue weighted by Crippen LogP contribution is -2.59. The second-order valence-electron chi connectivity index (χ2n) is 6.65. The summed E-state index contributed by atoms with van der Waals surface area (Å²) < 4.78 is 19.4. The smallest absolute Gasteiger partial charge is 0.146 e. The van der Waals surface area contributed by atoms with Crippen LogP contribution in [0.15, 0.2) is 18.2 Å². The van der Waals surface area contributed by atoms with Gasteiger partial charge in [0, 0.05) is 31.2 Å². The molecule has 3 nitrogen and oxygen atoms in total. The van der Waals surface area contributed by atoms with E-state index in [0.29, 0.717) is 17.5 Å². The van der Waals surface area contributed by atoms with Gasteiger partial charge in [-0.3, -0.25) is 0 Å². The van der Waals surface area contributed by atoms with Crippen LogP contribution < -0.4 is 15.0 Å². The summed E-state index contributed by atoms with van der Waals surface area (Å²) in [4.78, 5) is 2.14. The van der Waals surface area contributed by atoms with Gasteiger partial charge in [0.25, 0.3) is 0 Å². The van der Waals surface area contributed by atoms with Crippen LogP contribution in [0.4, 0.5) is 10.1 Å². The number of nitrogens with one attached hydrogen (secondary N) is 1. The number of anilines is 1. The van der Waals surface area contributed by atoms with Crippen LogP contribution in [0.2, 0.25) is 0 Å². The Bertz CT molecular complexity index is 470. The summed E-state index contributed by atoms with van der Waals surface area (Å²) in [5.41, 5.74) is 0.779. The molecule has 2 rings (SSSR count). The fourth-order valence-corrected chi connectivity index (χ4v) is 2.62. The van der Waals surface area contributed by atoms with Crippen molar-refractivity contribution in [2.45, 2.75) is 39.8 Å². The largest absolute Gasteiger partial charge is 0.497 e. The van der Waals surface area contributed by atoms with Crippen LogP contribution in [0.3, 0.4) is 0 Å². The van der Waals surface area contributed by atoms with Crippen LogP contribution in [0.25, 0.3) is 0 Å². The third-order valence-electron chi connectivity index (χ3n) is 4.08. The lowest BCUT2D eigenvalue weighted by atomic mass is 9.84. The first kappa shape index (κ1) is 15.1. The highest BCUT2D eigenvalue weighted by atomic mass is 19.1. The van der Waals surface area contributed by atoms with E-state index < -0.39 is 0 Å². The third kappa shape index (κ3) is 3.06. The van der Waals surface area contributed by atoms with Crippen LogP contribution in [-0.4, -0.2) is 32.3 Å². The SMILES string of the molecule is COc1ccc(F)c(N2CC(C(C)(C)C)NCC2C)c1. The van der Waals surface area contributed by atoms with E-state index in [1.807, 2.05) is 0 Å². The predicted octanol–water partition coefficient (Wildman–Crippen LogP) is 3.05. The molecule has 2 atom stereocenters. The van der Waals surface area contributed by atoms with Crippen molar-refractivity contribution in [3.05, 3.63) is 24.0 Å². The predicted molar refractivity (Wildman–Crippen MR) is 81.0 cm³/mol. The molecule has 112 valence electrons. The molecular formula is C16H25FN2O. The Morgan fingerprint density at radius 2 is 2.05 bits per heavy atom. The van der Waals surface area contributed by atoms with Crippen molar-refractivity contribution in [2.24, 2.45) is 5.41 Å². The van der Waals surface area contributed by atoms with Crippen molar-refractivity contribution in [3.63, 3.8) is 0 Å². The van der Waals surface area contributed by atoms with Crippen LogP contribution in [0, 0.1) is 11.2 Å². The number of nitrogens with zero attached hydrogens (tertiary/aromatic N) is 1. The topological polar surface area (TPSA) is 24.5 Å². The Balaban J connectivity index is 2.29. The van der Waals surface area contributed by atoms with E-state index in [9.17, 15) is 4.39 Å². The standard InChI is InChI=1S/C16H25FN2O/c1-11-9-18-15(16(2,3)4)10-19(11)14-8-12(20-5)6-7-13(14)17/h6-8,11,15,18H,9-10H2,1-5H3. The number of halogens is 1. The van der Waals surface area contributed by atoms with Gasteiger partial charge in [0.1, 0.15) is 11.6 Å². The average Bonchev–Trinajstić information content (AvgIpc) is 2.39. The Labute approximate surface area is 121 Å².